The maximum Gasteiger partial charge on any atom is 0.0111 e. The second-order valence-corrected chi connectivity index (χ2v) is 7.03. The first kappa shape index (κ1) is 12.9. The minimum absolute atomic E-state index is 0.822. The van der Waals surface area contributed by atoms with Gasteiger partial charge in [-0.1, -0.05) is 19.8 Å². The number of hydrogen-bond donors (Lipinski definition) is 1. The predicted octanol–water partition coefficient (Wildman–Crippen LogP) is 3.17. The van der Waals surface area contributed by atoms with E-state index >= 15 is 0 Å². The number of fused-ring (bicyclic) bond motifs is 1. The van der Waals surface area contributed by atoms with Crippen LogP contribution in [0.3, 0.4) is 0 Å². The van der Waals surface area contributed by atoms with Gasteiger partial charge in [-0.2, -0.15) is 0 Å². The normalized spacial score (nSPS) is 42.5. The Morgan fingerprint density at radius 2 is 1.78 bits per heavy atom. The van der Waals surface area contributed by atoms with Crippen molar-refractivity contribution in [3.05, 3.63) is 0 Å². The number of hydrogen-bond acceptors (Lipinski definition) is 2. The van der Waals surface area contributed by atoms with Crippen LogP contribution in [0.4, 0.5) is 0 Å². The van der Waals surface area contributed by atoms with Gasteiger partial charge in [0.15, 0.2) is 0 Å². The van der Waals surface area contributed by atoms with Crippen LogP contribution in [0.25, 0.3) is 0 Å². The summed E-state index contributed by atoms with van der Waals surface area (Å²) in [4.78, 5) is 2.73. The molecule has 2 aliphatic heterocycles. The molecule has 1 N–H and O–H groups in total. The molecule has 0 amide bonds. The average Bonchev–Trinajstić information content (AvgIpc) is 2.74. The van der Waals surface area contributed by atoms with Crippen molar-refractivity contribution < 1.29 is 0 Å². The van der Waals surface area contributed by atoms with Crippen LogP contribution >= 0.6 is 0 Å². The maximum absolute atomic E-state index is 4.00. The van der Waals surface area contributed by atoms with E-state index in [-0.39, 0.29) is 0 Å². The van der Waals surface area contributed by atoms with E-state index in [1.807, 2.05) is 0 Å². The zero-order valence-electron chi connectivity index (χ0n) is 12.0. The zero-order chi connectivity index (χ0) is 12.4. The molecule has 2 heterocycles. The molecule has 2 heteroatoms. The molecule has 2 saturated heterocycles. The first-order valence-corrected chi connectivity index (χ1v) is 8.31. The summed E-state index contributed by atoms with van der Waals surface area (Å²) in [5.74, 6) is 0.966. The molecule has 0 bridgehead atoms. The van der Waals surface area contributed by atoms with E-state index in [1.165, 1.54) is 70.9 Å². The van der Waals surface area contributed by atoms with Crippen LogP contribution in [-0.4, -0.2) is 36.1 Å². The molecular weight excluding hydrogens is 220 g/mol. The van der Waals surface area contributed by atoms with Gasteiger partial charge in [-0.15, -0.1) is 0 Å². The molecule has 18 heavy (non-hydrogen) atoms. The lowest BCUT2D eigenvalue weighted by molar-refractivity contribution is 0.159. The molecule has 0 radical (unpaired) electrons. The van der Waals surface area contributed by atoms with E-state index in [9.17, 15) is 0 Å². The Kier molecular flexibility index (Phi) is 4.25. The Balaban J connectivity index is 1.47. The third-order valence-electron chi connectivity index (χ3n) is 5.55. The van der Waals surface area contributed by atoms with Gasteiger partial charge in [-0.05, 0) is 64.0 Å². The molecule has 3 fully saturated rings. The number of nitrogens with one attached hydrogen (secondary N) is 1. The van der Waals surface area contributed by atoms with Gasteiger partial charge in [0.05, 0.1) is 0 Å². The summed E-state index contributed by atoms with van der Waals surface area (Å²) >= 11 is 0. The van der Waals surface area contributed by atoms with Crippen molar-refractivity contribution in [1.29, 1.82) is 0 Å². The summed E-state index contributed by atoms with van der Waals surface area (Å²) in [6, 6.07) is 2.57. The van der Waals surface area contributed by atoms with Gasteiger partial charge in [0.1, 0.15) is 0 Å². The van der Waals surface area contributed by atoms with Crippen LogP contribution < -0.4 is 5.32 Å². The largest absolute Gasteiger partial charge is 0.311 e. The van der Waals surface area contributed by atoms with Gasteiger partial charge >= 0.3 is 0 Å². The standard InChI is InChI=1S/C16H30N2/c1-13-4-2-5-14(8-7-13)17-15-9-11-18-10-3-6-16(18)12-15/h13-17H,2-12H2,1H3. The Hall–Kier alpha value is -0.0800. The summed E-state index contributed by atoms with van der Waals surface area (Å²) in [6.45, 7) is 5.16. The van der Waals surface area contributed by atoms with Gasteiger partial charge in [0.2, 0.25) is 0 Å². The molecule has 0 spiro atoms. The van der Waals surface area contributed by atoms with E-state index in [0.29, 0.717) is 0 Å². The van der Waals surface area contributed by atoms with Gasteiger partial charge in [-0.3, -0.25) is 0 Å². The van der Waals surface area contributed by atoms with E-state index < -0.39 is 0 Å². The smallest absolute Gasteiger partial charge is 0.0111 e. The minimum atomic E-state index is 0.822. The van der Waals surface area contributed by atoms with Gasteiger partial charge in [0.25, 0.3) is 0 Å². The summed E-state index contributed by atoms with van der Waals surface area (Å²) in [5, 5.41) is 4.00. The average molecular weight is 250 g/mol. The Morgan fingerprint density at radius 3 is 2.72 bits per heavy atom. The highest BCUT2D eigenvalue weighted by Gasteiger charge is 2.32. The molecule has 1 saturated carbocycles. The second-order valence-electron chi connectivity index (χ2n) is 7.03. The van der Waals surface area contributed by atoms with Gasteiger partial charge < -0.3 is 10.2 Å². The van der Waals surface area contributed by atoms with Crippen LogP contribution in [0.15, 0.2) is 0 Å². The van der Waals surface area contributed by atoms with Crippen molar-refractivity contribution in [3.8, 4) is 0 Å². The Morgan fingerprint density at radius 1 is 0.833 bits per heavy atom. The minimum Gasteiger partial charge on any atom is -0.311 e. The molecule has 4 unspecified atom stereocenters. The lowest BCUT2D eigenvalue weighted by Gasteiger charge is -2.37. The van der Waals surface area contributed by atoms with Crippen LogP contribution in [-0.2, 0) is 0 Å². The van der Waals surface area contributed by atoms with Crippen LogP contribution in [0, 0.1) is 5.92 Å². The van der Waals surface area contributed by atoms with Crippen LogP contribution in [0.1, 0.15) is 64.7 Å². The topological polar surface area (TPSA) is 15.3 Å². The number of rotatable bonds is 2. The summed E-state index contributed by atoms with van der Waals surface area (Å²) in [7, 11) is 0. The number of piperidine rings is 1. The van der Waals surface area contributed by atoms with Crippen molar-refractivity contribution in [2.24, 2.45) is 5.92 Å². The maximum atomic E-state index is 4.00. The molecular formula is C16H30N2. The SMILES string of the molecule is CC1CCCC(NC2CCN3CCCC3C2)CC1. The van der Waals surface area contributed by atoms with Gasteiger partial charge in [0, 0.05) is 18.1 Å². The summed E-state index contributed by atoms with van der Waals surface area (Å²) in [6.07, 6.45) is 12.9. The fraction of sp³-hybridized carbons (Fsp3) is 1.00. The zero-order valence-corrected chi connectivity index (χ0v) is 12.0. The lowest BCUT2D eigenvalue weighted by atomic mass is 9.95. The van der Waals surface area contributed by atoms with E-state index in [1.54, 1.807) is 0 Å². The lowest BCUT2D eigenvalue weighted by Crippen LogP contribution is -2.48. The summed E-state index contributed by atoms with van der Waals surface area (Å²) < 4.78 is 0. The predicted molar refractivity (Wildman–Crippen MR) is 76.8 cm³/mol. The first-order chi connectivity index (χ1) is 8.81. The third-order valence-corrected chi connectivity index (χ3v) is 5.55. The molecule has 0 aromatic rings. The molecule has 1 aliphatic carbocycles. The van der Waals surface area contributed by atoms with Crippen molar-refractivity contribution in [1.82, 2.24) is 10.2 Å². The molecule has 104 valence electrons. The monoisotopic (exact) mass is 250 g/mol. The van der Waals surface area contributed by atoms with Crippen molar-refractivity contribution in [2.45, 2.75) is 82.8 Å². The summed E-state index contributed by atoms with van der Waals surface area (Å²) in [5.41, 5.74) is 0. The second kappa shape index (κ2) is 5.92. The fourth-order valence-corrected chi connectivity index (χ4v) is 4.36. The molecule has 3 aliphatic rings. The molecule has 0 aromatic carbocycles. The highest BCUT2D eigenvalue weighted by Crippen LogP contribution is 2.28. The Labute approximate surface area is 113 Å². The van der Waals surface area contributed by atoms with Crippen molar-refractivity contribution >= 4 is 0 Å². The van der Waals surface area contributed by atoms with E-state index in [4.69, 9.17) is 0 Å². The first-order valence-electron chi connectivity index (χ1n) is 8.31. The molecule has 2 nitrogen and oxygen atoms in total. The number of nitrogens with zero attached hydrogens (tertiary/aromatic N) is 1. The van der Waals surface area contributed by atoms with Crippen molar-refractivity contribution in [2.75, 3.05) is 13.1 Å². The Bertz CT molecular complexity index is 266. The highest BCUT2D eigenvalue weighted by molar-refractivity contribution is 4.90. The fourth-order valence-electron chi connectivity index (χ4n) is 4.36. The molecule has 3 rings (SSSR count). The molecule has 0 aromatic heterocycles. The quantitative estimate of drug-likeness (QED) is 0.757. The van der Waals surface area contributed by atoms with Crippen LogP contribution in [0.2, 0.25) is 0 Å². The third kappa shape index (κ3) is 3.08. The highest BCUT2D eigenvalue weighted by atomic mass is 15.2. The van der Waals surface area contributed by atoms with Crippen molar-refractivity contribution in [3.63, 3.8) is 0 Å². The van der Waals surface area contributed by atoms with Crippen LogP contribution in [0.5, 0.6) is 0 Å². The molecule has 4 atom stereocenters. The van der Waals surface area contributed by atoms with E-state index in [2.05, 4.69) is 17.1 Å². The van der Waals surface area contributed by atoms with E-state index in [0.717, 1.165) is 24.0 Å². The van der Waals surface area contributed by atoms with Gasteiger partial charge in [-0.25, -0.2) is 0 Å².